The molecule has 0 saturated heterocycles. The highest BCUT2D eigenvalue weighted by Crippen LogP contribution is 2.54. The summed E-state index contributed by atoms with van der Waals surface area (Å²) < 4.78 is 0. The minimum atomic E-state index is -0.771. The number of aliphatic carboxylic acids is 1. The Bertz CT molecular complexity index is 558. The van der Waals surface area contributed by atoms with E-state index < -0.39 is 5.97 Å². The van der Waals surface area contributed by atoms with E-state index in [9.17, 15) is 9.59 Å². The number of amides is 1. The van der Waals surface area contributed by atoms with E-state index in [1.54, 1.807) is 0 Å². The molecule has 1 aliphatic carbocycles. The molecule has 2 N–H and O–H groups in total. The van der Waals surface area contributed by atoms with E-state index in [1.807, 2.05) is 19.1 Å². The number of carboxylic acids is 1. The van der Waals surface area contributed by atoms with Gasteiger partial charge in [0.25, 0.3) is 0 Å². The predicted molar refractivity (Wildman–Crippen MR) is 66.7 cm³/mol. The molecule has 1 aromatic carbocycles. The van der Waals surface area contributed by atoms with Gasteiger partial charge in [-0.3, -0.25) is 9.59 Å². The summed E-state index contributed by atoms with van der Waals surface area (Å²) in [7, 11) is 0. The average molecular weight is 245 g/mol. The van der Waals surface area contributed by atoms with Crippen LogP contribution in [0, 0.1) is 6.92 Å². The van der Waals surface area contributed by atoms with Gasteiger partial charge in [-0.25, -0.2) is 0 Å². The van der Waals surface area contributed by atoms with Gasteiger partial charge in [-0.1, -0.05) is 17.7 Å². The van der Waals surface area contributed by atoms with Gasteiger partial charge in [0.2, 0.25) is 5.91 Å². The molecule has 4 heteroatoms. The van der Waals surface area contributed by atoms with Crippen LogP contribution in [0.15, 0.2) is 12.1 Å². The van der Waals surface area contributed by atoms with E-state index in [2.05, 4.69) is 5.32 Å². The number of carbonyl (C=O) groups excluding carboxylic acids is 1. The quantitative estimate of drug-likeness (QED) is 0.855. The third-order valence-corrected chi connectivity index (χ3v) is 3.89. The van der Waals surface area contributed by atoms with Gasteiger partial charge in [-0.2, -0.15) is 0 Å². The van der Waals surface area contributed by atoms with Crippen molar-refractivity contribution in [2.45, 2.75) is 38.0 Å². The Morgan fingerprint density at radius 3 is 2.78 bits per heavy atom. The van der Waals surface area contributed by atoms with E-state index in [4.69, 9.17) is 5.11 Å². The van der Waals surface area contributed by atoms with Gasteiger partial charge < -0.3 is 10.4 Å². The summed E-state index contributed by atoms with van der Waals surface area (Å²) in [5.41, 5.74) is 3.73. The van der Waals surface area contributed by atoms with Crippen molar-refractivity contribution in [3.05, 3.63) is 28.8 Å². The molecule has 3 rings (SSSR count). The van der Waals surface area contributed by atoms with E-state index in [0.29, 0.717) is 6.42 Å². The number of aryl methyl sites for hydroxylation is 1. The van der Waals surface area contributed by atoms with Crippen molar-refractivity contribution in [2.75, 3.05) is 5.32 Å². The molecule has 18 heavy (non-hydrogen) atoms. The Kier molecular flexibility index (Phi) is 2.24. The monoisotopic (exact) mass is 245 g/mol. The molecule has 0 atom stereocenters. The zero-order valence-corrected chi connectivity index (χ0v) is 10.2. The van der Waals surface area contributed by atoms with Crippen LogP contribution in [-0.4, -0.2) is 17.0 Å². The topological polar surface area (TPSA) is 66.4 Å². The summed E-state index contributed by atoms with van der Waals surface area (Å²) in [6.07, 6.45) is 2.35. The van der Waals surface area contributed by atoms with E-state index in [1.165, 1.54) is 0 Å². The number of benzene rings is 1. The molecule has 0 bridgehead atoms. The molecule has 0 unspecified atom stereocenters. The molecule has 1 fully saturated rings. The van der Waals surface area contributed by atoms with Crippen LogP contribution in [-0.2, 0) is 21.4 Å². The van der Waals surface area contributed by atoms with Crippen LogP contribution in [0.2, 0.25) is 0 Å². The molecule has 1 amide bonds. The van der Waals surface area contributed by atoms with E-state index in [0.717, 1.165) is 35.2 Å². The van der Waals surface area contributed by atoms with Crippen molar-refractivity contribution < 1.29 is 14.7 Å². The van der Waals surface area contributed by atoms with Crippen LogP contribution in [0.1, 0.15) is 36.0 Å². The third-order valence-electron chi connectivity index (χ3n) is 3.89. The maximum absolute atomic E-state index is 11.5. The maximum atomic E-state index is 11.5. The number of anilines is 1. The summed E-state index contributed by atoms with van der Waals surface area (Å²) in [5, 5.41) is 11.9. The molecule has 1 aromatic rings. The van der Waals surface area contributed by atoms with Gasteiger partial charge in [0, 0.05) is 11.1 Å². The second kappa shape index (κ2) is 3.57. The molecule has 1 heterocycles. The minimum Gasteiger partial charge on any atom is -0.481 e. The lowest BCUT2D eigenvalue weighted by atomic mass is 9.88. The standard InChI is InChI=1S/C14H15NO3/c1-8-4-9-6-11(16)15-13(9)10(5-8)14(2-3-14)7-12(17)18/h4-5H,2-3,6-7H2,1H3,(H,15,16)(H,17,18). The van der Waals surface area contributed by atoms with Gasteiger partial charge in [-0.15, -0.1) is 0 Å². The largest absolute Gasteiger partial charge is 0.481 e. The zero-order valence-electron chi connectivity index (χ0n) is 10.2. The van der Waals surface area contributed by atoms with Crippen LogP contribution in [0.5, 0.6) is 0 Å². The van der Waals surface area contributed by atoms with Gasteiger partial charge in [0.05, 0.1) is 12.8 Å². The summed E-state index contributed by atoms with van der Waals surface area (Å²) in [4.78, 5) is 22.5. The number of fused-ring (bicyclic) bond motifs is 1. The van der Waals surface area contributed by atoms with Gasteiger partial charge >= 0.3 is 5.97 Å². The summed E-state index contributed by atoms with van der Waals surface area (Å²) >= 11 is 0. The van der Waals surface area contributed by atoms with E-state index >= 15 is 0 Å². The van der Waals surface area contributed by atoms with Crippen LogP contribution in [0.3, 0.4) is 0 Å². The Labute approximate surface area is 105 Å². The number of hydrogen-bond donors (Lipinski definition) is 2. The van der Waals surface area contributed by atoms with Crippen molar-refractivity contribution in [2.24, 2.45) is 0 Å². The fourth-order valence-electron chi connectivity index (χ4n) is 2.91. The SMILES string of the molecule is Cc1cc2c(c(C3(CC(=O)O)CC3)c1)NC(=O)C2. The molecule has 2 aliphatic rings. The molecular formula is C14H15NO3. The van der Waals surface area contributed by atoms with E-state index in [-0.39, 0.29) is 17.7 Å². The first-order chi connectivity index (χ1) is 8.50. The van der Waals surface area contributed by atoms with Crippen molar-refractivity contribution in [1.29, 1.82) is 0 Å². The van der Waals surface area contributed by atoms with Gasteiger partial charge in [0.15, 0.2) is 0 Å². The van der Waals surface area contributed by atoms with Crippen LogP contribution >= 0.6 is 0 Å². The zero-order chi connectivity index (χ0) is 12.9. The molecule has 0 aromatic heterocycles. The fraction of sp³-hybridized carbons (Fsp3) is 0.429. The molecule has 1 saturated carbocycles. The van der Waals surface area contributed by atoms with Crippen molar-refractivity contribution in [1.82, 2.24) is 0 Å². The van der Waals surface area contributed by atoms with Gasteiger partial charge in [0.1, 0.15) is 0 Å². The summed E-state index contributed by atoms with van der Waals surface area (Å²) in [6, 6.07) is 4.04. The van der Waals surface area contributed by atoms with Crippen molar-refractivity contribution in [3.63, 3.8) is 0 Å². The maximum Gasteiger partial charge on any atom is 0.304 e. The Balaban J connectivity index is 2.08. The molecule has 1 aliphatic heterocycles. The molecule has 4 nitrogen and oxygen atoms in total. The summed E-state index contributed by atoms with van der Waals surface area (Å²) in [6.45, 7) is 1.99. The summed E-state index contributed by atoms with van der Waals surface area (Å²) in [5.74, 6) is -0.768. The number of carbonyl (C=O) groups is 2. The normalized spacial score (nSPS) is 19.3. The fourth-order valence-corrected chi connectivity index (χ4v) is 2.91. The molecular weight excluding hydrogens is 230 g/mol. The number of carboxylic acid groups (broad SMARTS) is 1. The van der Waals surface area contributed by atoms with Crippen molar-refractivity contribution >= 4 is 17.6 Å². The lowest BCUT2D eigenvalue weighted by molar-refractivity contribution is -0.137. The first-order valence-electron chi connectivity index (χ1n) is 6.16. The molecule has 0 spiro atoms. The predicted octanol–water partition coefficient (Wildman–Crippen LogP) is 2.00. The average Bonchev–Trinajstić information content (AvgIpc) is 2.91. The highest BCUT2D eigenvalue weighted by Gasteiger charge is 2.48. The second-order valence-electron chi connectivity index (χ2n) is 5.42. The van der Waals surface area contributed by atoms with Crippen LogP contribution in [0.4, 0.5) is 5.69 Å². The third kappa shape index (κ3) is 1.68. The highest BCUT2D eigenvalue weighted by molar-refractivity contribution is 6.00. The van der Waals surface area contributed by atoms with Gasteiger partial charge in [-0.05, 0) is 30.9 Å². The Morgan fingerprint density at radius 1 is 1.44 bits per heavy atom. The number of rotatable bonds is 3. The molecule has 94 valence electrons. The highest BCUT2D eigenvalue weighted by atomic mass is 16.4. The minimum absolute atomic E-state index is 0.00275. The second-order valence-corrected chi connectivity index (χ2v) is 5.42. The first kappa shape index (κ1) is 11.3. The smallest absolute Gasteiger partial charge is 0.304 e. The lowest BCUT2D eigenvalue weighted by Gasteiger charge is -2.18. The Hall–Kier alpha value is -1.84. The van der Waals surface area contributed by atoms with Crippen LogP contribution < -0.4 is 5.32 Å². The number of hydrogen-bond acceptors (Lipinski definition) is 2. The lowest BCUT2D eigenvalue weighted by Crippen LogP contribution is -2.15. The van der Waals surface area contributed by atoms with Crippen LogP contribution in [0.25, 0.3) is 0 Å². The Morgan fingerprint density at radius 2 is 2.17 bits per heavy atom. The van der Waals surface area contributed by atoms with Crippen molar-refractivity contribution in [3.8, 4) is 0 Å². The molecule has 0 radical (unpaired) electrons. The first-order valence-corrected chi connectivity index (χ1v) is 6.16. The number of nitrogens with one attached hydrogen (secondary N) is 1.